The van der Waals surface area contributed by atoms with Gasteiger partial charge >= 0.3 is 12.3 Å². The van der Waals surface area contributed by atoms with Crippen molar-refractivity contribution in [1.29, 1.82) is 0 Å². The third-order valence-electron chi connectivity index (χ3n) is 1.46. The molecule has 1 N–H and O–H groups in total. The molecule has 0 saturated carbocycles. The van der Waals surface area contributed by atoms with Crippen LogP contribution >= 0.6 is 0 Å². The van der Waals surface area contributed by atoms with Crippen molar-refractivity contribution < 1.29 is 27.1 Å². The average molecular weight is 445 g/mol. The Morgan fingerprint density at radius 3 is 1.17 bits per heavy atom. The molecule has 1 nitrogen and oxygen atoms in total. The second-order valence-corrected chi connectivity index (χ2v) is 2.66. The third kappa shape index (κ3) is 1.81. The largest absolute Gasteiger partial charge is 0.402 e. The van der Waals surface area contributed by atoms with Gasteiger partial charge in [0.1, 0.15) is 0 Å². The molecule has 0 unspecified atom stereocenters. The van der Waals surface area contributed by atoms with Crippen LogP contribution in [-0.4, -0.2) is 17.4 Å². The van der Waals surface area contributed by atoms with Gasteiger partial charge < -0.3 is 5.11 Å². The summed E-state index contributed by atoms with van der Waals surface area (Å²) in [5.41, 5.74) is -3.40. The van der Waals surface area contributed by atoms with Crippen LogP contribution in [0, 0.1) is 5.41 Å². The van der Waals surface area contributed by atoms with Crippen LogP contribution in [0.2, 0.25) is 0 Å². The zero-order chi connectivity index (χ0) is 9.50. The minimum Gasteiger partial charge on any atom is -0.336 e. The summed E-state index contributed by atoms with van der Waals surface area (Å²) in [4.78, 5) is 0. The van der Waals surface area contributed by atoms with Crippen LogP contribution < -0.4 is 0 Å². The molecule has 0 aliphatic heterocycles. The fourth-order valence-electron chi connectivity index (χ4n) is 0.171. The topological polar surface area (TPSA) is 20.2 Å². The number of hydrogen-bond acceptors (Lipinski definition) is 1. The predicted octanol–water partition coefficient (Wildman–Crippen LogP) is 2.16. The summed E-state index contributed by atoms with van der Waals surface area (Å²) >= 11 is 0. The van der Waals surface area contributed by atoms with Gasteiger partial charge in [0.15, 0.2) is 5.41 Å². The van der Waals surface area contributed by atoms with E-state index in [-0.39, 0.29) is 13.8 Å². The zero-order valence-electron chi connectivity index (χ0n) is 6.54. The first kappa shape index (κ1) is 13.2. The molecule has 0 aliphatic carbocycles. The summed E-state index contributed by atoms with van der Waals surface area (Å²) < 4.78 is 58.7. The Balaban J connectivity index is 0. The molecular weight excluding hydrogens is 438 g/mol. The molecule has 0 atom stereocenters. The van der Waals surface area contributed by atoms with Crippen molar-refractivity contribution in [3.05, 3.63) is 0 Å². The van der Waals surface area contributed by atoms with Crippen LogP contribution in [0.5, 0.6) is 0 Å². The predicted molar refractivity (Wildman–Crippen MR) is 27.0 cm³/mol. The minimum absolute atomic E-state index is 0. The Labute approximate surface area is 59.8 Å². The van der Waals surface area contributed by atoms with Gasteiger partial charge in [-0.1, -0.05) is 0 Å². The fourth-order valence-corrected chi connectivity index (χ4v) is 0.171. The van der Waals surface area contributed by atoms with Crippen LogP contribution in [0.3, 0.4) is 0 Å². The summed E-state index contributed by atoms with van der Waals surface area (Å²) in [5, 5.41) is 7.83. The second kappa shape index (κ2) is 2.58. The SMILES string of the molecule is CC(C)(C(O)(F)F)C(F)(F)F.[Rf]. The van der Waals surface area contributed by atoms with E-state index in [1.165, 1.54) is 0 Å². The van der Waals surface area contributed by atoms with Crippen molar-refractivity contribution in [3.8, 4) is 0 Å². The molecule has 0 aromatic rings. The van der Waals surface area contributed by atoms with Crippen LogP contribution in [-0.2, 0) is 0 Å². The minimum atomic E-state index is -5.12. The van der Waals surface area contributed by atoms with E-state index in [2.05, 4.69) is 0 Å². The zero-order valence-corrected chi connectivity index (χ0v) is 12.9. The van der Waals surface area contributed by atoms with E-state index in [9.17, 15) is 22.0 Å². The van der Waals surface area contributed by atoms with E-state index < -0.39 is 17.7 Å². The maximum Gasteiger partial charge on any atom is 0.402 e. The molecule has 0 aromatic carbocycles. The normalized spacial score (nSPS) is 14.0. The standard InChI is InChI=1S/C5H7F5O.Rf/c1-3(2,4(6,7)8)5(9,10)11;/h11H,1-2H3;. The molecule has 7 heteroatoms. The Morgan fingerprint density at radius 1 is 0.917 bits per heavy atom. The molecule has 0 aliphatic rings. The molecule has 0 amide bonds. The second-order valence-electron chi connectivity index (χ2n) is 2.66. The number of aliphatic hydroxyl groups is 1. The van der Waals surface area contributed by atoms with Gasteiger partial charge in [-0.25, -0.2) is 0 Å². The average Bonchev–Trinajstić information content (AvgIpc) is 1.58. The number of alkyl halides is 5. The van der Waals surface area contributed by atoms with Gasteiger partial charge in [-0.05, 0) is 13.8 Å². The van der Waals surface area contributed by atoms with Crippen LogP contribution in [0.25, 0.3) is 0 Å². The van der Waals surface area contributed by atoms with Gasteiger partial charge in [0, 0.05) is 0 Å². The maximum absolute atomic E-state index is 11.8. The molecule has 0 rings (SSSR count). The van der Waals surface area contributed by atoms with Gasteiger partial charge in [-0.15, -0.1) is 0 Å². The Kier molecular flexibility index (Phi) is 2.84. The van der Waals surface area contributed by atoms with Crippen molar-refractivity contribution in [3.63, 3.8) is 0 Å². The van der Waals surface area contributed by atoms with Gasteiger partial charge in [0.2, 0.25) is 0 Å². The maximum atomic E-state index is 11.8. The molecule has 0 aromatic heterocycles. The molecule has 0 bridgehead atoms. The van der Waals surface area contributed by atoms with Gasteiger partial charge in [0.25, 0.3) is 0 Å². The van der Waals surface area contributed by atoms with Gasteiger partial charge in [0.05, 0.1) is 0 Å². The van der Waals surface area contributed by atoms with Crippen LogP contribution in [0.15, 0.2) is 0 Å². The Morgan fingerprint density at radius 2 is 1.17 bits per heavy atom. The van der Waals surface area contributed by atoms with Gasteiger partial charge in [-0.3, -0.25) is 0 Å². The van der Waals surface area contributed by atoms with E-state index in [0.29, 0.717) is 0 Å². The van der Waals surface area contributed by atoms with Crippen molar-refractivity contribution in [2.24, 2.45) is 5.41 Å². The summed E-state index contributed by atoms with van der Waals surface area (Å²) in [7, 11) is 0. The molecule has 70 valence electrons. The molecular formula is C5H7F5ORf. The van der Waals surface area contributed by atoms with E-state index >= 15 is 0 Å². The smallest absolute Gasteiger partial charge is 0.336 e. The summed E-state index contributed by atoms with van der Waals surface area (Å²) in [6.07, 6.45) is -9.86. The number of halogens is 5. The van der Waals surface area contributed by atoms with Crippen molar-refractivity contribution in [1.82, 2.24) is 0 Å². The first-order valence-corrected chi connectivity index (χ1v) is 2.67. The van der Waals surface area contributed by atoms with Crippen molar-refractivity contribution in [2.75, 3.05) is 0 Å². The fraction of sp³-hybridized carbons (Fsp3) is 1.00. The molecule has 0 heterocycles. The summed E-state index contributed by atoms with van der Waals surface area (Å²) in [5.74, 6) is 0. The van der Waals surface area contributed by atoms with Gasteiger partial charge in [-0.2, -0.15) is 22.0 Å². The Hall–Kier alpha value is -1.39. The third-order valence-corrected chi connectivity index (χ3v) is 1.46. The molecule has 12 heavy (non-hydrogen) atoms. The monoisotopic (exact) mass is 445 g/mol. The number of rotatable bonds is 1. The number of hydrogen-bond donors (Lipinski definition) is 1. The molecule has 0 saturated heterocycles. The van der Waals surface area contributed by atoms with E-state index in [1.807, 2.05) is 0 Å². The Bertz CT molecular complexity index is 131. The van der Waals surface area contributed by atoms with E-state index in [1.54, 1.807) is 0 Å². The van der Waals surface area contributed by atoms with Crippen LogP contribution in [0.4, 0.5) is 22.0 Å². The summed E-state index contributed by atoms with van der Waals surface area (Å²) in [6.45, 7) is 0.458. The molecule has 0 spiro atoms. The van der Waals surface area contributed by atoms with E-state index in [4.69, 9.17) is 5.11 Å². The quantitative estimate of drug-likeness (QED) is 0.614. The first-order chi connectivity index (χ1) is 4.50. The van der Waals surface area contributed by atoms with Crippen molar-refractivity contribution >= 4 is 0 Å². The van der Waals surface area contributed by atoms with Crippen LogP contribution in [0.1, 0.15) is 13.8 Å². The first-order valence-electron chi connectivity index (χ1n) is 2.67. The summed E-state index contributed by atoms with van der Waals surface area (Å²) in [6, 6.07) is 0. The van der Waals surface area contributed by atoms with Crippen molar-refractivity contribution in [2.45, 2.75) is 26.1 Å². The molecule has 0 radical (unpaired) electrons. The molecule has 0 fully saturated rings. The van der Waals surface area contributed by atoms with E-state index in [0.717, 1.165) is 0 Å².